The van der Waals surface area contributed by atoms with Crippen LogP contribution < -0.4 is 5.73 Å². The van der Waals surface area contributed by atoms with Crippen molar-refractivity contribution in [1.82, 2.24) is 4.90 Å². The van der Waals surface area contributed by atoms with Gasteiger partial charge < -0.3 is 5.73 Å². The third kappa shape index (κ3) is 3.12. The third-order valence-electron chi connectivity index (χ3n) is 3.03. The van der Waals surface area contributed by atoms with E-state index in [0.29, 0.717) is 6.54 Å². The lowest BCUT2D eigenvalue weighted by Gasteiger charge is -2.27. The van der Waals surface area contributed by atoms with Crippen LogP contribution in [-0.4, -0.2) is 18.5 Å². The molecule has 0 saturated carbocycles. The van der Waals surface area contributed by atoms with E-state index in [1.54, 1.807) is 11.3 Å². The maximum atomic E-state index is 6.24. The van der Waals surface area contributed by atoms with Gasteiger partial charge in [0.1, 0.15) is 0 Å². The third-order valence-corrected chi connectivity index (χ3v) is 4.11. The Morgan fingerprint density at radius 1 is 1.33 bits per heavy atom. The second-order valence-corrected chi connectivity index (χ2v) is 5.51. The Labute approximate surface area is 117 Å². The molecule has 0 fully saturated rings. The van der Waals surface area contributed by atoms with Crippen LogP contribution >= 0.6 is 22.9 Å². The van der Waals surface area contributed by atoms with E-state index < -0.39 is 0 Å². The SMILES string of the molecule is CN(Cc1ccsc1)C(CN)c1ccccc1Cl. The average molecular weight is 281 g/mol. The summed E-state index contributed by atoms with van der Waals surface area (Å²) >= 11 is 7.96. The zero-order valence-electron chi connectivity index (χ0n) is 10.3. The fraction of sp³-hybridized carbons (Fsp3) is 0.286. The molecule has 1 unspecified atom stereocenters. The maximum absolute atomic E-state index is 6.24. The van der Waals surface area contributed by atoms with Gasteiger partial charge in [-0.1, -0.05) is 29.8 Å². The van der Waals surface area contributed by atoms with Crippen molar-refractivity contribution in [1.29, 1.82) is 0 Å². The molecule has 2 rings (SSSR count). The van der Waals surface area contributed by atoms with Gasteiger partial charge in [-0.25, -0.2) is 0 Å². The number of nitrogens with two attached hydrogens (primary N) is 1. The number of hydrogen-bond acceptors (Lipinski definition) is 3. The molecule has 2 aromatic rings. The highest BCUT2D eigenvalue weighted by atomic mass is 35.5. The number of halogens is 1. The Morgan fingerprint density at radius 2 is 2.11 bits per heavy atom. The second-order valence-electron chi connectivity index (χ2n) is 4.32. The summed E-state index contributed by atoms with van der Waals surface area (Å²) in [6.07, 6.45) is 0. The molecular formula is C14H17ClN2S. The molecule has 0 radical (unpaired) electrons. The Kier molecular flexibility index (Phi) is 4.78. The summed E-state index contributed by atoms with van der Waals surface area (Å²) in [5.74, 6) is 0. The fourth-order valence-corrected chi connectivity index (χ4v) is 2.99. The molecule has 1 atom stereocenters. The highest BCUT2D eigenvalue weighted by Crippen LogP contribution is 2.27. The summed E-state index contributed by atoms with van der Waals surface area (Å²) in [5.41, 5.74) is 8.32. The minimum absolute atomic E-state index is 0.151. The predicted molar refractivity (Wildman–Crippen MR) is 79.0 cm³/mol. The Bertz CT molecular complexity index is 484. The molecule has 0 aliphatic heterocycles. The van der Waals surface area contributed by atoms with Gasteiger partial charge in [0.05, 0.1) is 0 Å². The summed E-state index contributed by atoms with van der Waals surface area (Å²) in [4.78, 5) is 2.24. The molecule has 4 heteroatoms. The molecule has 1 aromatic heterocycles. The average Bonchev–Trinajstić information content (AvgIpc) is 2.85. The van der Waals surface area contributed by atoms with Gasteiger partial charge in [-0.15, -0.1) is 0 Å². The first-order chi connectivity index (χ1) is 8.72. The van der Waals surface area contributed by atoms with Gasteiger partial charge in [-0.05, 0) is 41.1 Å². The molecule has 0 amide bonds. The first kappa shape index (κ1) is 13.6. The summed E-state index contributed by atoms with van der Waals surface area (Å²) in [6, 6.07) is 10.2. The van der Waals surface area contributed by atoms with Crippen LogP contribution in [0.3, 0.4) is 0 Å². The lowest BCUT2D eigenvalue weighted by Crippen LogP contribution is -2.30. The second kappa shape index (κ2) is 6.34. The van der Waals surface area contributed by atoms with E-state index in [1.807, 2.05) is 24.3 Å². The summed E-state index contributed by atoms with van der Waals surface area (Å²) < 4.78 is 0. The Hall–Kier alpha value is -0.870. The quantitative estimate of drug-likeness (QED) is 0.908. The van der Waals surface area contributed by atoms with Crippen molar-refractivity contribution in [3.05, 3.63) is 57.2 Å². The van der Waals surface area contributed by atoms with E-state index in [-0.39, 0.29) is 6.04 Å². The molecule has 0 bridgehead atoms. The van der Waals surface area contributed by atoms with Crippen LogP contribution in [0.4, 0.5) is 0 Å². The first-order valence-electron chi connectivity index (χ1n) is 5.88. The maximum Gasteiger partial charge on any atom is 0.0485 e. The number of rotatable bonds is 5. The molecule has 2 N–H and O–H groups in total. The molecule has 0 spiro atoms. The number of benzene rings is 1. The van der Waals surface area contributed by atoms with E-state index in [1.165, 1.54) is 5.56 Å². The van der Waals surface area contributed by atoms with Crippen molar-refractivity contribution in [3.63, 3.8) is 0 Å². The van der Waals surface area contributed by atoms with E-state index in [0.717, 1.165) is 17.1 Å². The molecule has 1 heterocycles. The van der Waals surface area contributed by atoms with Crippen LogP contribution in [-0.2, 0) is 6.54 Å². The van der Waals surface area contributed by atoms with Crippen molar-refractivity contribution < 1.29 is 0 Å². The van der Waals surface area contributed by atoms with Crippen LogP contribution in [0.25, 0.3) is 0 Å². The van der Waals surface area contributed by atoms with Gasteiger partial charge in [0, 0.05) is 24.2 Å². The van der Waals surface area contributed by atoms with Crippen molar-refractivity contribution in [2.45, 2.75) is 12.6 Å². The molecule has 0 saturated heterocycles. The molecule has 96 valence electrons. The topological polar surface area (TPSA) is 29.3 Å². The molecule has 18 heavy (non-hydrogen) atoms. The minimum atomic E-state index is 0.151. The highest BCUT2D eigenvalue weighted by Gasteiger charge is 2.18. The molecule has 0 aliphatic carbocycles. The van der Waals surface area contributed by atoms with Gasteiger partial charge in [-0.3, -0.25) is 4.90 Å². The number of nitrogens with zero attached hydrogens (tertiary/aromatic N) is 1. The van der Waals surface area contributed by atoms with Crippen LogP contribution in [0.15, 0.2) is 41.1 Å². The number of thiophene rings is 1. The monoisotopic (exact) mass is 280 g/mol. The van der Waals surface area contributed by atoms with E-state index >= 15 is 0 Å². The molecule has 2 nitrogen and oxygen atoms in total. The highest BCUT2D eigenvalue weighted by molar-refractivity contribution is 7.07. The van der Waals surface area contributed by atoms with Crippen LogP contribution in [0.5, 0.6) is 0 Å². The zero-order valence-corrected chi connectivity index (χ0v) is 11.9. The number of hydrogen-bond donors (Lipinski definition) is 1. The lowest BCUT2D eigenvalue weighted by atomic mass is 10.1. The molecular weight excluding hydrogens is 264 g/mol. The fourth-order valence-electron chi connectivity index (χ4n) is 2.07. The molecule has 0 aliphatic rings. The Morgan fingerprint density at radius 3 is 2.72 bits per heavy atom. The van der Waals surface area contributed by atoms with Crippen LogP contribution in [0.1, 0.15) is 17.2 Å². The van der Waals surface area contributed by atoms with Crippen molar-refractivity contribution in [2.75, 3.05) is 13.6 Å². The van der Waals surface area contributed by atoms with Crippen LogP contribution in [0.2, 0.25) is 5.02 Å². The summed E-state index contributed by atoms with van der Waals surface area (Å²) in [6.45, 7) is 1.45. The van der Waals surface area contributed by atoms with E-state index in [9.17, 15) is 0 Å². The van der Waals surface area contributed by atoms with E-state index in [4.69, 9.17) is 17.3 Å². The Balaban J connectivity index is 2.16. The predicted octanol–water partition coefficient (Wildman–Crippen LogP) is 3.53. The molecule has 1 aromatic carbocycles. The minimum Gasteiger partial charge on any atom is -0.329 e. The zero-order chi connectivity index (χ0) is 13.0. The smallest absolute Gasteiger partial charge is 0.0485 e. The van der Waals surface area contributed by atoms with Crippen molar-refractivity contribution in [3.8, 4) is 0 Å². The van der Waals surface area contributed by atoms with Crippen molar-refractivity contribution in [2.24, 2.45) is 5.73 Å². The van der Waals surface area contributed by atoms with Gasteiger partial charge in [0.15, 0.2) is 0 Å². The van der Waals surface area contributed by atoms with Crippen LogP contribution in [0, 0.1) is 0 Å². The largest absolute Gasteiger partial charge is 0.329 e. The van der Waals surface area contributed by atoms with Gasteiger partial charge in [0.25, 0.3) is 0 Å². The lowest BCUT2D eigenvalue weighted by molar-refractivity contribution is 0.242. The number of likely N-dealkylation sites (N-methyl/N-ethyl adjacent to an activating group) is 1. The normalized spacial score (nSPS) is 12.9. The summed E-state index contributed by atoms with van der Waals surface area (Å²) in [7, 11) is 2.08. The van der Waals surface area contributed by atoms with E-state index in [2.05, 4.69) is 28.8 Å². The summed E-state index contributed by atoms with van der Waals surface area (Å²) in [5, 5.41) is 5.04. The van der Waals surface area contributed by atoms with Gasteiger partial charge in [-0.2, -0.15) is 11.3 Å². The van der Waals surface area contributed by atoms with Crippen molar-refractivity contribution >= 4 is 22.9 Å². The van der Waals surface area contributed by atoms with Gasteiger partial charge >= 0.3 is 0 Å². The first-order valence-corrected chi connectivity index (χ1v) is 7.20. The van der Waals surface area contributed by atoms with Gasteiger partial charge in [0.2, 0.25) is 0 Å². The standard InChI is InChI=1S/C14H17ClN2S/c1-17(9-11-6-7-18-10-11)14(8-16)12-4-2-3-5-13(12)15/h2-7,10,14H,8-9,16H2,1H3.